The van der Waals surface area contributed by atoms with Crippen LogP contribution in [0.2, 0.25) is 0 Å². The van der Waals surface area contributed by atoms with Crippen molar-refractivity contribution in [3.05, 3.63) is 35.9 Å². The van der Waals surface area contributed by atoms with Gasteiger partial charge in [0.15, 0.2) is 0 Å². The highest BCUT2D eigenvalue weighted by atomic mass is 16.1. The number of nitrogens with zero attached hydrogens (tertiary/aromatic N) is 1. The van der Waals surface area contributed by atoms with Crippen LogP contribution in [0.25, 0.3) is 0 Å². The van der Waals surface area contributed by atoms with Gasteiger partial charge in [-0.1, -0.05) is 51.1 Å². The second-order valence-electron chi connectivity index (χ2n) is 5.18. The summed E-state index contributed by atoms with van der Waals surface area (Å²) in [5.41, 5.74) is 6.57. The zero-order chi connectivity index (χ0) is 13.1. The number of carbonyl (C=O) groups is 1. The average molecular weight is 232 g/mol. The highest BCUT2D eigenvalue weighted by molar-refractivity contribution is 6.40. The number of hydrogen-bond donors (Lipinski definition) is 1. The SMILES string of the molecule is C[C@@H](N=C(C(N)=O)C(C)(C)C)c1ccccc1. The molecule has 2 N–H and O–H groups in total. The molecule has 0 aliphatic carbocycles. The van der Waals surface area contributed by atoms with E-state index < -0.39 is 5.91 Å². The van der Waals surface area contributed by atoms with E-state index in [1.807, 2.05) is 58.0 Å². The number of primary amides is 1. The van der Waals surface area contributed by atoms with Crippen LogP contribution in [0.3, 0.4) is 0 Å². The van der Waals surface area contributed by atoms with Gasteiger partial charge in [-0.05, 0) is 12.5 Å². The van der Waals surface area contributed by atoms with Crippen LogP contribution in [-0.2, 0) is 4.79 Å². The van der Waals surface area contributed by atoms with Gasteiger partial charge in [0, 0.05) is 5.41 Å². The van der Waals surface area contributed by atoms with E-state index in [2.05, 4.69) is 4.99 Å². The Balaban J connectivity index is 3.04. The minimum absolute atomic E-state index is 0.0575. The van der Waals surface area contributed by atoms with Crippen molar-refractivity contribution in [3.63, 3.8) is 0 Å². The van der Waals surface area contributed by atoms with E-state index in [1.54, 1.807) is 0 Å². The third-order valence-electron chi connectivity index (χ3n) is 2.55. The fraction of sp³-hybridized carbons (Fsp3) is 0.429. The van der Waals surface area contributed by atoms with Crippen molar-refractivity contribution in [2.45, 2.75) is 33.7 Å². The van der Waals surface area contributed by atoms with Crippen LogP contribution < -0.4 is 5.73 Å². The molecule has 0 unspecified atom stereocenters. The van der Waals surface area contributed by atoms with Crippen molar-refractivity contribution in [3.8, 4) is 0 Å². The summed E-state index contributed by atoms with van der Waals surface area (Å²) in [5, 5.41) is 0. The molecule has 3 nitrogen and oxygen atoms in total. The Morgan fingerprint density at radius 1 is 1.24 bits per heavy atom. The number of hydrogen-bond acceptors (Lipinski definition) is 2. The average Bonchev–Trinajstić information content (AvgIpc) is 2.24. The highest BCUT2D eigenvalue weighted by Gasteiger charge is 2.24. The first-order chi connectivity index (χ1) is 7.82. The molecule has 0 aliphatic heterocycles. The van der Waals surface area contributed by atoms with Crippen LogP contribution in [0.1, 0.15) is 39.3 Å². The molecule has 0 bridgehead atoms. The van der Waals surface area contributed by atoms with E-state index in [9.17, 15) is 4.79 Å². The lowest BCUT2D eigenvalue weighted by Crippen LogP contribution is -2.34. The van der Waals surface area contributed by atoms with Crippen molar-refractivity contribution in [2.75, 3.05) is 0 Å². The van der Waals surface area contributed by atoms with Gasteiger partial charge in [-0.3, -0.25) is 9.79 Å². The van der Waals surface area contributed by atoms with E-state index in [4.69, 9.17) is 5.73 Å². The Morgan fingerprint density at radius 3 is 2.18 bits per heavy atom. The lowest BCUT2D eigenvalue weighted by molar-refractivity contribution is -0.112. The normalized spacial score (nSPS) is 14.5. The predicted molar refractivity (Wildman–Crippen MR) is 70.9 cm³/mol. The van der Waals surface area contributed by atoms with E-state index >= 15 is 0 Å². The Morgan fingerprint density at radius 2 is 1.76 bits per heavy atom. The molecule has 0 radical (unpaired) electrons. The number of nitrogens with two attached hydrogens (primary N) is 1. The van der Waals surface area contributed by atoms with Crippen molar-refractivity contribution < 1.29 is 4.79 Å². The summed E-state index contributed by atoms with van der Waals surface area (Å²) < 4.78 is 0. The van der Waals surface area contributed by atoms with Crippen LogP contribution in [-0.4, -0.2) is 11.6 Å². The van der Waals surface area contributed by atoms with E-state index in [-0.39, 0.29) is 11.5 Å². The van der Waals surface area contributed by atoms with Crippen molar-refractivity contribution in [1.82, 2.24) is 0 Å². The third kappa shape index (κ3) is 3.70. The predicted octanol–water partition coefficient (Wildman–Crippen LogP) is 2.72. The first-order valence-corrected chi connectivity index (χ1v) is 5.75. The lowest BCUT2D eigenvalue weighted by atomic mass is 9.89. The van der Waals surface area contributed by atoms with Gasteiger partial charge in [0.1, 0.15) is 5.71 Å². The van der Waals surface area contributed by atoms with Crippen molar-refractivity contribution in [1.29, 1.82) is 0 Å². The molecular weight excluding hydrogens is 212 g/mol. The highest BCUT2D eigenvalue weighted by Crippen LogP contribution is 2.22. The molecule has 0 fully saturated rings. The molecule has 0 aliphatic rings. The summed E-state index contributed by atoms with van der Waals surface area (Å²) in [6, 6.07) is 9.81. The summed E-state index contributed by atoms with van der Waals surface area (Å²) in [6.45, 7) is 7.78. The van der Waals surface area contributed by atoms with Gasteiger partial charge in [-0.2, -0.15) is 0 Å². The molecular formula is C14H20N2O. The summed E-state index contributed by atoms with van der Waals surface area (Å²) in [4.78, 5) is 15.9. The van der Waals surface area contributed by atoms with E-state index in [0.717, 1.165) is 5.56 Å². The molecule has 1 amide bonds. The van der Waals surface area contributed by atoms with Crippen LogP contribution >= 0.6 is 0 Å². The Hall–Kier alpha value is -1.64. The van der Waals surface area contributed by atoms with E-state index in [0.29, 0.717) is 5.71 Å². The molecule has 1 rings (SSSR count). The Labute approximate surface area is 103 Å². The third-order valence-corrected chi connectivity index (χ3v) is 2.55. The fourth-order valence-corrected chi connectivity index (χ4v) is 1.63. The minimum Gasteiger partial charge on any atom is -0.365 e. The van der Waals surface area contributed by atoms with Crippen LogP contribution in [0.4, 0.5) is 0 Å². The molecule has 0 aromatic heterocycles. The quantitative estimate of drug-likeness (QED) is 0.800. The maximum Gasteiger partial charge on any atom is 0.263 e. The summed E-state index contributed by atoms with van der Waals surface area (Å²) in [7, 11) is 0. The maximum atomic E-state index is 11.4. The van der Waals surface area contributed by atoms with Gasteiger partial charge < -0.3 is 5.73 Å². The van der Waals surface area contributed by atoms with Gasteiger partial charge in [-0.15, -0.1) is 0 Å². The van der Waals surface area contributed by atoms with Gasteiger partial charge in [0.2, 0.25) is 0 Å². The van der Waals surface area contributed by atoms with Crippen molar-refractivity contribution >= 4 is 11.6 Å². The summed E-state index contributed by atoms with van der Waals surface area (Å²) in [6.07, 6.45) is 0. The topological polar surface area (TPSA) is 55.4 Å². The molecule has 0 spiro atoms. The molecule has 0 heterocycles. The monoisotopic (exact) mass is 232 g/mol. The molecule has 3 heteroatoms. The number of rotatable bonds is 3. The van der Waals surface area contributed by atoms with Crippen molar-refractivity contribution in [2.24, 2.45) is 16.1 Å². The minimum atomic E-state index is -0.444. The first-order valence-electron chi connectivity index (χ1n) is 5.75. The second kappa shape index (κ2) is 5.13. The van der Waals surface area contributed by atoms with Gasteiger partial charge >= 0.3 is 0 Å². The van der Waals surface area contributed by atoms with E-state index in [1.165, 1.54) is 0 Å². The van der Waals surface area contributed by atoms with Gasteiger partial charge in [-0.25, -0.2) is 0 Å². The van der Waals surface area contributed by atoms with Gasteiger partial charge in [0.05, 0.1) is 6.04 Å². The summed E-state index contributed by atoms with van der Waals surface area (Å²) in [5.74, 6) is -0.444. The molecule has 0 saturated heterocycles. The Bertz CT molecular complexity index is 416. The second-order valence-corrected chi connectivity index (χ2v) is 5.18. The summed E-state index contributed by atoms with van der Waals surface area (Å²) >= 11 is 0. The lowest BCUT2D eigenvalue weighted by Gasteiger charge is -2.20. The number of amides is 1. The Kier molecular flexibility index (Phi) is 4.05. The molecule has 1 aromatic rings. The molecule has 0 saturated carbocycles. The zero-order valence-electron chi connectivity index (χ0n) is 10.9. The fourth-order valence-electron chi connectivity index (χ4n) is 1.63. The number of aliphatic imine (C=N–C) groups is 1. The first kappa shape index (κ1) is 13.4. The van der Waals surface area contributed by atoms with Crippen LogP contribution in [0.15, 0.2) is 35.3 Å². The molecule has 92 valence electrons. The molecule has 1 aromatic carbocycles. The van der Waals surface area contributed by atoms with Crippen LogP contribution in [0.5, 0.6) is 0 Å². The zero-order valence-corrected chi connectivity index (χ0v) is 10.9. The maximum absolute atomic E-state index is 11.4. The smallest absolute Gasteiger partial charge is 0.263 e. The standard InChI is InChI=1S/C14H20N2O/c1-10(11-8-6-5-7-9-11)16-12(13(15)17)14(2,3)4/h5-10H,1-4H3,(H2,15,17)/t10-/m1/s1. The van der Waals surface area contributed by atoms with Crippen LogP contribution in [0, 0.1) is 5.41 Å². The number of carbonyl (C=O) groups excluding carboxylic acids is 1. The molecule has 17 heavy (non-hydrogen) atoms. The number of benzene rings is 1. The molecule has 1 atom stereocenters. The van der Waals surface area contributed by atoms with Gasteiger partial charge in [0.25, 0.3) is 5.91 Å². The largest absolute Gasteiger partial charge is 0.365 e.